The molecule has 12 heteroatoms. The van der Waals surface area contributed by atoms with Crippen molar-refractivity contribution < 1.29 is 26.9 Å². The summed E-state index contributed by atoms with van der Waals surface area (Å²) in [5.74, 6) is 0.417. The van der Waals surface area contributed by atoms with Gasteiger partial charge in [-0.15, -0.1) is 0 Å². The number of ether oxygens (including phenoxy) is 1. The van der Waals surface area contributed by atoms with Crippen LogP contribution in [0, 0.1) is 0 Å². The minimum Gasteiger partial charge on any atom is -0.495 e. The van der Waals surface area contributed by atoms with E-state index in [4.69, 9.17) is 25.3 Å². The highest BCUT2D eigenvalue weighted by Crippen LogP contribution is 2.51. The van der Waals surface area contributed by atoms with Crippen molar-refractivity contribution >= 4 is 35.8 Å². The van der Waals surface area contributed by atoms with Crippen LogP contribution in [0.5, 0.6) is 5.75 Å². The largest absolute Gasteiger partial charge is 0.495 e. The van der Waals surface area contributed by atoms with Crippen LogP contribution in [0.3, 0.4) is 0 Å². The molecule has 4 rings (SSSR count). The number of halogens is 5. The maximum absolute atomic E-state index is 14.5. The average molecular weight is 635 g/mol. The molecule has 1 aromatic carbocycles. The van der Waals surface area contributed by atoms with Crippen molar-refractivity contribution in [2.75, 3.05) is 7.11 Å². The molecule has 0 unspecified atom stereocenters. The molecule has 0 bridgehead atoms. The molecule has 0 spiro atoms. The second-order valence-corrected chi connectivity index (χ2v) is 17.2. The molecule has 1 aliphatic carbocycles. The lowest BCUT2D eigenvalue weighted by atomic mass is 9.77. The monoisotopic (exact) mass is 633 g/mol. The van der Waals surface area contributed by atoms with Crippen LogP contribution in [0.2, 0.25) is 23.2 Å². The van der Waals surface area contributed by atoms with Crippen molar-refractivity contribution in [3.63, 3.8) is 0 Å². The van der Waals surface area contributed by atoms with Crippen molar-refractivity contribution in [3.8, 4) is 28.3 Å². The normalized spacial score (nSPS) is 20.5. The molecular weight excluding hydrogens is 603 g/mol. The SMILES string of the molecule is COc1cccc(-c2noc(-c3cnn(C4CC(C)(O[Si](C)(C)C(C)(C)C)C4)c3C(F)(F)F)c2CBr)c1Cl. The van der Waals surface area contributed by atoms with Gasteiger partial charge >= 0.3 is 6.18 Å². The predicted octanol–water partition coefficient (Wildman–Crippen LogP) is 8.90. The first kappa shape index (κ1) is 29.2. The molecule has 208 valence electrons. The van der Waals surface area contributed by atoms with Crippen LogP contribution in [0.1, 0.15) is 57.8 Å². The third-order valence-electron chi connectivity index (χ3n) is 7.66. The highest BCUT2D eigenvalue weighted by molar-refractivity contribution is 9.08. The first-order valence-electron chi connectivity index (χ1n) is 12.3. The Hall–Kier alpha value is -1.82. The van der Waals surface area contributed by atoms with Crippen LogP contribution >= 0.6 is 27.5 Å². The van der Waals surface area contributed by atoms with E-state index in [-0.39, 0.29) is 21.7 Å². The first-order chi connectivity index (χ1) is 17.5. The number of hydrogen-bond donors (Lipinski definition) is 0. The topological polar surface area (TPSA) is 62.3 Å². The summed E-state index contributed by atoms with van der Waals surface area (Å²) in [6, 6.07) is 4.68. The Kier molecular flexibility index (Phi) is 7.66. The zero-order valence-corrected chi connectivity index (χ0v) is 25.8. The van der Waals surface area contributed by atoms with Crippen molar-refractivity contribution in [1.29, 1.82) is 0 Å². The van der Waals surface area contributed by atoms with Crippen molar-refractivity contribution in [2.45, 2.75) is 81.8 Å². The lowest BCUT2D eigenvalue weighted by Gasteiger charge is -2.52. The van der Waals surface area contributed by atoms with Crippen molar-refractivity contribution in [1.82, 2.24) is 14.9 Å². The van der Waals surface area contributed by atoms with Crippen molar-refractivity contribution in [2.24, 2.45) is 0 Å². The Labute approximate surface area is 235 Å². The third kappa shape index (κ3) is 5.19. The van der Waals surface area contributed by atoms with Gasteiger partial charge in [0.2, 0.25) is 0 Å². The lowest BCUT2D eigenvalue weighted by Crippen LogP contribution is -2.54. The Morgan fingerprint density at radius 3 is 2.42 bits per heavy atom. The van der Waals surface area contributed by atoms with E-state index in [1.54, 1.807) is 18.2 Å². The molecule has 0 N–H and O–H groups in total. The van der Waals surface area contributed by atoms with E-state index < -0.39 is 31.8 Å². The predicted molar refractivity (Wildman–Crippen MR) is 147 cm³/mol. The van der Waals surface area contributed by atoms with Gasteiger partial charge in [-0.25, -0.2) is 0 Å². The zero-order chi connectivity index (χ0) is 28.3. The lowest BCUT2D eigenvalue weighted by molar-refractivity contribution is -0.148. The highest BCUT2D eigenvalue weighted by atomic mass is 79.9. The van der Waals surface area contributed by atoms with Gasteiger partial charge in [0.25, 0.3) is 0 Å². The number of aromatic nitrogens is 3. The molecule has 6 nitrogen and oxygen atoms in total. The number of benzene rings is 1. The molecule has 1 fully saturated rings. The molecule has 38 heavy (non-hydrogen) atoms. The Morgan fingerprint density at radius 2 is 1.87 bits per heavy atom. The van der Waals surface area contributed by atoms with Gasteiger partial charge in [0.15, 0.2) is 19.8 Å². The van der Waals surface area contributed by atoms with Crippen LogP contribution in [-0.2, 0) is 15.9 Å². The number of rotatable bonds is 7. The van der Waals surface area contributed by atoms with Crippen LogP contribution in [-0.4, -0.2) is 36.0 Å². The fraction of sp³-hybridized carbons (Fsp3) is 0.538. The van der Waals surface area contributed by atoms with E-state index >= 15 is 0 Å². The average Bonchev–Trinajstić information content (AvgIpc) is 3.40. The van der Waals surface area contributed by atoms with Gasteiger partial charge in [-0.2, -0.15) is 18.3 Å². The van der Waals surface area contributed by atoms with Gasteiger partial charge < -0.3 is 13.7 Å². The second kappa shape index (κ2) is 9.98. The van der Waals surface area contributed by atoms with E-state index in [1.165, 1.54) is 13.3 Å². The highest BCUT2D eigenvalue weighted by Gasteiger charge is 2.52. The van der Waals surface area contributed by atoms with Crippen LogP contribution in [0.4, 0.5) is 13.2 Å². The van der Waals surface area contributed by atoms with E-state index in [0.717, 1.165) is 4.68 Å². The number of methoxy groups -OCH3 is 1. The van der Waals surface area contributed by atoms with Crippen LogP contribution in [0.25, 0.3) is 22.6 Å². The molecular formula is C26H32BrClF3N3O3Si. The minimum absolute atomic E-state index is 0.00115. The summed E-state index contributed by atoms with van der Waals surface area (Å²) in [7, 11) is -0.608. The summed E-state index contributed by atoms with van der Waals surface area (Å²) in [6.45, 7) is 12.7. The standard InChI is InChI=1S/C26H32BrClF3N3O3Si/c1-24(2,3)38(6,7)37-25(4)11-15(12-25)34-23(26(29,30)31)18(14-32-34)22-17(13-27)21(33-36-22)16-9-8-10-19(35-5)20(16)28/h8-10,14-15H,11-13H2,1-7H3. The number of alkyl halides is 4. The molecule has 1 aliphatic rings. The molecule has 0 aliphatic heterocycles. The van der Waals surface area contributed by atoms with Crippen LogP contribution < -0.4 is 4.74 Å². The minimum atomic E-state index is -4.66. The zero-order valence-electron chi connectivity index (χ0n) is 22.5. The molecule has 0 saturated heterocycles. The molecule has 2 aromatic heterocycles. The Bertz CT molecular complexity index is 1330. The first-order valence-corrected chi connectivity index (χ1v) is 16.7. The number of hydrogen-bond acceptors (Lipinski definition) is 5. The summed E-state index contributed by atoms with van der Waals surface area (Å²) in [5, 5.41) is 8.78. The quantitative estimate of drug-likeness (QED) is 0.192. The molecule has 0 radical (unpaired) electrons. The fourth-order valence-electron chi connectivity index (χ4n) is 4.76. The third-order valence-corrected chi connectivity index (χ3v) is 13.2. The van der Waals surface area contributed by atoms with E-state index in [1.807, 2.05) is 6.92 Å². The molecule has 3 aromatic rings. The van der Waals surface area contributed by atoms with Crippen LogP contribution in [0.15, 0.2) is 28.9 Å². The summed E-state index contributed by atoms with van der Waals surface area (Å²) < 4.78 is 62.0. The van der Waals surface area contributed by atoms with Gasteiger partial charge in [0, 0.05) is 16.5 Å². The van der Waals surface area contributed by atoms with E-state index in [0.29, 0.717) is 40.4 Å². The Balaban J connectivity index is 1.71. The van der Waals surface area contributed by atoms with Gasteiger partial charge in [-0.3, -0.25) is 4.68 Å². The maximum atomic E-state index is 14.5. The van der Waals surface area contributed by atoms with Gasteiger partial charge in [0.1, 0.15) is 11.4 Å². The smallest absolute Gasteiger partial charge is 0.433 e. The summed E-state index contributed by atoms with van der Waals surface area (Å²) in [5.41, 5.74) is -0.256. The Morgan fingerprint density at radius 1 is 1.21 bits per heavy atom. The van der Waals surface area contributed by atoms with E-state index in [9.17, 15) is 13.2 Å². The van der Waals surface area contributed by atoms with Crippen molar-refractivity contribution in [3.05, 3.63) is 40.7 Å². The molecule has 2 heterocycles. The molecule has 0 atom stereocenters. The molecule has 0 amide bonds. The summed E-state index contributed by atoms with van der Waals surface area (Å²) in [4.78, 5) is 0. The van der Waals surface area contributed by atoms with Gasteiger partial charge in [-0.05, 0) is 44.0 Å². The van der Waals surface area contributed by atoms with Gasteiger partial charge in [0.05, 0.1) is 35.5 Å². The maximum Gasteiger partial charge on any atom is 0.433 e. The summed E-state index contributed by atoms with van der Waals surface area (Å²) >= 11 is 9.87. The van der Waals surface area contributed by atoms with E-state index in [2.05, 4.69) is 60.1 Å². The fourth-order valence-corrected chi connectivity index (χ4v) is 7.28. The molecule has 1 saturated carbocycles. The summed E-state index contributed by atoms with van der Waals surface area (Å²) in [6.07, 6.45) is -2.58. The second-order valence-electron chi connectivity index (χ2n) is 11.5. The number of nitrogens with zero attached hydrogens (tertiary/aromatic N) is 3. The van der Waals surface area contributed by atoms with Gasteiger partial charge in [-0.1, -0.05) is 65.6 Å².